The van der Waals surface area contributed by atoms with Gasteiger partial charge in [-0.05, 0) is 48.2 Å². The van der Waals surface area contributed by atoms with E-state index in [1.54, 1.807) is 6.07 Å². The summed E-state index contributed by atoms with van der Waals surface area (Å²) in [4.78, 5) is 12.5. The van der Waals surface area contributed by atoms with Crippen LogP contribution >= 0.6 is 0 Å². The number of carbonyl (C=O) groups is 1. The van der Waals surface area contributed by atoms with Crippen molar-refractivity contribution in [1.29, 1.82) is 0 Å². The fraction of sp³-hybridized carbons (Fsp3) is 0.316. The van der Waals surface area contributed by atoms with Gasteiger partial charge >= 0.3 is 5.97 Å². The molecule has 0 N–H and O–H groups in total. The Balaban J connectivity index is 2.33. The lowest BCUT2D eigenvalue weighted by molar-refractivity contribution is 0.0733. The summed E-state index contributed by atoms with van der Waals surface area (Å²) in [5.74, 6) is 0.212. The monoisotopic (exact) mass is 361 g/mol. The number of hydrogen-bond acceptors (Lipinski definition) is 4. The molecule has 5 nitrogen and oxygen atoms in total. The van der Waals surface area contributed by atoms with Crippen molar-refractivity contribution in [3.8, 4) is 5.75 Å². The number of hydrogen-bond donors (Lipinski definition) is 0. The zero-order chi connectivity index (χ0) is 18.8. The molecule has 0 saturated carbocycles. The maximum Gasteiger partial charge on any atom is 0.343 e. The van der Waals surface area contributed by atoms with Crippen LogP contribution in [-0.2, 0) is 10.0 Å². The van der Waals surface area contributed by atoms with Crippen LogP contribution in [0.1, 0.15) is 41.3 Å². The summed E-state index contributed by atoms with van der Waals surface area (Å²) in [6.07, 6.45) is 0. The molecule has 0 aromatic heterocycles. The Morgan fingerprint density at radius 2 is 1.76 bits per heavy atom. The average Bonchev–Trinajstić information content (AvgIpc) is 2.56. The largest absolute Gasteiger partial charge is 0.423 e. The fourth-order valence-corrected chi connectivity index (χ4v) is 3.19. The van der Waals surface area contributed by atoms with Crippen molar-refractivity contribution < 1.29 is 17.9 Å². The van der Waals surface area contributed by atoms with Gasteiger partial charge in [0.25, 0.3) is 0 Å². The van der Waals surface area contributed by atoms with E-state index in [4.69, 9.17) is 4.74 Å². The van der Waals surface area contributed by atoms with Crippen molar-refractivity contribution >= 4 is 16.0 Å². The molecule has 2 aromatic rings. The molecular formula is C19H23NO4S. The molecule has 0 saturated heterocycles. The van der Waals surface area contributed by atoms with E-state index < -0.39 is 16.0 Å². The van der Waals surface area contributed by atoms with Gasteiger partial charge in [-0.15, -0.1) is 0 Å². The second-order valence-electron chi connectivity index (χ2n) is 6.38. The molecule has 2 aromatic carbocycles. The lowest BCUT2D eigenvalue weighted by Gasteiger charge is -2.13. The lowest BCUT2D eigenvalue weighted by Crippen LogP contribution is -2.22. The molecule has 2 rings (SSSR count). The normalized spacial score (nSPS) is 11.8. The predicted octanol–water partition coefficient (Wildman–Crippen LogP) is 3.59. The van der Waals surface area contributed by atoms with Crippen molar-refractivity contribution in [2.45, 2.75) is 31.6 Å². The Kier molecular flexibility index (Phi) is 5.65. The van der Waals surface area contributed by atoms with Gasteiger partial charge in [-0.2, -0.15) is 0 Å². The summed E-state index contributed by atoms with van der Waals surface area (Å²) >= 11 is 0. The standard InChI is InChI=1S/C19H23NO4S/c1-13(2)15-10-9-14(3)18(12-15)24-19(21)16-7-6-8-17(11-16)25(22,23)20(4)5/h6-13H,1-5H3. The smallest absolute Gasteiger partial charge is 0.343 e. The first kappa shape index (κ1) is 19.1. The van der Waals surface area contributed by atoms with Crippen molar-refractivity contribution in [1.82, 2.24) is 4.31 Å². The van der Waals surface area contributed by atoms with Crippen molar-refractivity contribution in [2.75, 3.05) is 14.1 Å². The summed E-state index contributed by atoms with van der Waals surface area (Å²) < 4.78 is 31.0. The Morgan fingerprint density at radius 1 is 1.08 bits per heavy atom. The Labute approximate surface area is 149 Å². The molecule has 0 amide bonds. The molecule has 0 atom stereocenters. The van der Waals surface area contributed by atoms with E-state index in [0.29, 0.717) is 11.7 Å². The minimum absolute atomic E-state index is 0.0552. The second-order valence-corrected chi connectivity index (χ2v) is 8.54. The molecule has 6 heteroatoms. The van der Waals surface area contributed by atoms with Gasteiger partial charge in [0.05, 0.1) is 10.5 Å². The number of carbonyl (C=O) groups excluding carboxylic acids is 1. The molecule has 0 bridgehead atoms. The van der Waals surface area contributed by atoms with Gasteiger partial charge in [-0.25, -0.2) is 17.5 Å². The number of ether oxygens (including phenoxy) is 1. The minimum Gasteiger partial charge on any atom is -0.423 e. The molecule has 0 radical (unpaired) electrons. The van der Waals surface area contributed by atoms with Crippen LogP contribution < -0.4 is 4.74 Å². The second kappa shape index (κ2) is 7.37. The highest BCUT2D eigenvalue weighted by atomic mass is 32.2. The summed E-state index contributed by atoms with van der Waals surface area (Å²) in [6.45, 7) is 5.98. The summed E-state index contributed by atoms with van der Waals surface area (Å²) in [5.41, 5.74) is 2.10. The SMILES string of the molecule is Cc1ccc(C(C)C)cc1OC(=O)c1cccc(S(=O)(=O)N(C)C)c1. The van der Waals surface area contributed by atoms with E-state index in [2.05, 4.69) is 13.8 Å². The number of nitrogens with zero attached hydrogens (tertiary/aromatic N) is 1. The average molecular weight is 361 g/mol. The maximum atomic E-state index is 12.5. The molecule has 0 aliphatic rings. The quantitative estimate of drug-likeness (QED) is 0.603. The molecular weight excluding hydrogens is 338 g/mol. The maximum absolute atomic E-state index is 12.5. The van der Waals surface area contributed by atoms with Crippen LogP contribution in [0.3, 0.4) is 0 Å². The number of esters is 1. The Bertz CT molecular complexity index is 886. The van der Waals surface area contributed by atoms with Crippen LogP contribution in [0.2, 0.25) is 0 Å². The molecule has 0 unspecified atom stereocenters. The first-order valence-electron chi connectivity index (χ1n) is 7.98. The van der Waals surface area contributed by atoms with Crippen molar-refractivity contribution in [3.63, 3.8) is 0 Å². The molecule has 0 aliphatic heterocycles. The van der Waals surface area contributed by atoms with E-state index in [1.807, 2.05) is 25.1 Å². The molecule has 25 heavy (non-hydrogen) atoms. The number of sulfonamides is 1. The highest BCUT2D eigenvalue weighted by molar-refractivity contribution is 7.89. The van der Waals surface area contributed by atoms with Crippen molar-refractivity contribution in [2.24, 2.45) is 0 Å². The van der Waals surface area contributed by atoms with E-state index >= 15 is 0 Å². The van der Waals surface area contributed by atoms with Crippen LogP contribution in [0.5, 0.6) is 5.75 Å². The van der Waals surface area contributed by atoms with E-state index in [9.17, 15) is 13.2 Å². The molecule has 134 valence electrons. The van der Waals surface area contributed by atoms with Crippen LogP contribution in [0.4, 0.5) is 0 Å². The number of aryl methyl sites for hydroxylation is 1. The third-order valence-corrected chi connectivity index (χ3v) is 5.74. The summed E-state index contributed by atoms with van der Waals surface area (Å²) in [6, 6.07) is 11.6. The van der Waals surface area contributed by atoms with Gasteiger partial charge in [0.1, 0.15) is 5.75 Å². The zero-order valence-electron chi connectivity index (χ0n) is 15.1. The van der Waals surface area contributed by atoms with Gasteiger partial charge in [-0.1, -0.05) is 32.0 Å². The van der Waals surface area contributed by atoms with Crippen LogP contribution in [-0.4, -0.2) is 32.8 Å². The number of benzene rings is 2. The van der Waals surface area contributed by atoms with Gasteiger partial charge in [0.15, 0.2) is 0 Å². The topological polar surface area (TPSA) is 63.7 Å². The Hall–Kier alpha value is -2.18. The highest BCUT2D eigenvalue weighted by Gasteiger charge is 2.20. The van der Waals surface area contributed by atoms with Gasteiger partial charge < -0.3 is 4.74 Å². The van der Waals surface area contributed by atoms with Crippen LogP contribution in [0.25, 0.3) is 0 Å². The molecule has 0 heterocycles. The highest BCUT2D eigenvalue weighted by Crippen LogP contribution is 2.25. The fourth-order valence-electron chi connectivity index (χ4n) is 2.24. The minimum atomic E-state index is -3.61. The lowest BCUT2D eigenvalue weighted by atomic mass is 10.0. The van der Waals surface area contributed by atoms with Gasteiger partial charge in [0.2, 0.25) is 10.0 Å². The van der Waals surface area contributed by atoms with E-state index in [0.717, 1.165) is 15.4 Å². The Morgan fingerprint density at radius 3 is 2.36 bits per heavy atom. The molecule has 0 aliphatic carbocycles. The molecule has 0 spiro atoms. The third kappa shape index (κ3) is 4.27. The van der Waals surface area contributed by atoms with E-state index in [1.165, 1.54) is 32.3 Å². The predicted molar refractivity (Wildman–Crippen MR) is 97.5 cm³/mol. The summed E-state index contributed by atoms with van der Waals surface area (Å²) in [7, 11) is -0.715. The molecule has 0 fully saturated rings. The van der Waals surface area contributed by atoms with Gasteiger partial charge in [0, 0.05) is 14.1 Å². The van der Waals surface area contributed by atoms with Crippen LogP contribution in [0, 0.1) is 6.92 Å². The summed E-state index contributed by atoms with van der Waals surface area (Å²) in [5, 5.41) is 0. The van der Waals surface area contributed by atoms with Crippen LogP contribution in [0.15, 0.2) is 47.4 Å². The first-order valence-corrected chi connectivity index (χ1v) is 9.42. The first-order chi connectivity index (χ1) is 11.6. The van der Waals surface area contributed by atoms with Crippen molar-refractivity contribution in [3.05, 3.63) is 59.2 Å². The third-order valence-electron chi connectivity index (χ3n) is 3.93. The van der Waals surface area contributed by atoms with E-state index in [-0.39, 0.29) is 10.5 Å². The van der Waals surface area contributed by atoms with Gasteiger partial charge in [-0.3, -0.25) is 0 Å². The zero-order valence-corrected chi connectivity index (χ0v) is 15.9. The number of rotatable bonds is 5.